The second-order valence-electron chi connectivity index (χ2n) is 3.20. The lowest BCUT2D eigenvalue weighted by Crippen LogP contribution is -2.15. The van der Waals surface area contributed by atoms with Gasteiger partial charge in [-0.25, -0.2) is 4.98 Å². The van der Waals surface area contributed by atoms with Gasteiger partial charge in [0.25, 0.3) is 5.56 Å². The van der Waals surface area contributed by atoms with Crippen LogP contribution in [0.2, 0.25) is 0 Å². The molecule has 0 fully saturated rings. The molecule has 0 spiro atoms. The molecule has 0 aliphatic carbocycles. The largest absolute Gasteiger partial charge is 0.301 e. The lowest BCUT2D eigenvalue weighted by Gasteiger charge is -2.00. The summed E-state index contributed by atoms with van der Waals surface area (Å²) < 4.78 is 0. The standard InChI is InChI=1S/C9H9N5O2S2/c1-5-13-14-9(18-5)12-7(16)4-17-8-10-3-2-6(15)11-8/h2-3H,4H2,1H3,(H,10,11,15)(H,12,14,16). The van der Waals surface area contributed by atoms with Crippen molar-refractivity contribution in [1.29, 1.82) is 0 Å². The highest BCUT2D eigenvalue weighted by atomic mass is 32.2. The molecule has 9 heteroatoms. The van der Waals surface area contributed by atoms with Crippen LogP contribution in [0, 0.1) is 6.92 Å². The van der Waals surface area contributed by atoms with E-state index in [1.165, 1.54) is 23.6 Å². The molecule has 18 heavy (non-hydrogen) atoms. The van der Waals surface area contributed by atoms with Crippen LogP contribution in [0.5, 0.6) is 0 Å². The van der Waals surface area contributed by atoms with Crippen LogP contribution in [0.25, 0.3) is 0 Å². The second kappa shape index (κ2) is 5.74. The molecule has 0 saturated heterocycles. The van der Waals surface area contributed by atoms with Crippen LogP contribution in [0.3, 0.4) is 0 Å². The van der Waals surface area contributed by atoms with E-state index in [-0.39, 0.29) is 17.2 Å². The Hall–Kier alpha value is -1.74. The van der Waals surface area contributed by atoms with Crippen LogP contribution in [0.15, 0.2) is 22.2 Å². The zero-order valence-corrected chi connectivity index (χ0v) is 11.0. The maximum Gasteiger partial charge on any atom is 0.251 e. The fourth-order valence-electron chi connectivity index (χ4n) is 1.06. The zero-order valence-electron chi connectivity index (χ0n) is 9.34. The molecule has 2 rings (SSSR count). The Labute approximate surface area is 110 Å². The van der Waals surface area contributed by atoms with E-state index >= 15 is 0 Å². The summed E-state index contributed by atoms with van der Waals surface area (Å²) in [5, 5.41) is 11.8. The molecule has 0 aliphatic heterocycles. The van der Waals surface area contributed by atoms with Gasteiger partial charge in [-0.2, -0.15) is 0 Å². The number of thioether (sulfide) groups is 1. The highest BCUT2D eigenvalue weighted by Crippen LogP contribution is 2.15. The minimum absolute atomic E-state index is 0.144. The number of carbonyl (C=O) groups excluding carboxylic acids is 1. The smallest absolute Gasteiger partial charge is 0.251 e. The average Bonchev–Trinajstić information content (AvgIpc) is 2.72. The molecule has 2 aromatic heterocycles. The molecule has 0 bridgehead atoms. The summed E-state index contributed by atoms with van der Waals surface area (Å²) in [6, 6.07) is 1.31. The Morgan fingerprint density at radius 2 is 2.39 bits per heavy atom. The number of aromatic amines is 1. The Bertz CT molecular complexity index is 609. The van der Waals surface area contributed by atoms with Crippen molar-refractivity contribution in [3.63, 3.8) is 0 Å². The van der Waals surface area contributed by atoms with E-state index in [4.69, 9.17) is 0 Å². The normalized spacial score (nSPS) is 10.3. The van der Waals surface area contributed by atoms with Gasteiger partial charge in [0.1, 0.15) is 5.01 Å². The van der Waals surface area contributed by atoms with Gasteiger partial charge in [-0.05, 0) is 6.92 Å². The van der Waals surface area contributed by atoms with Crippen LogP contribution >= 0.6 is 23.1 Å². The molecule has 0 aromatic carbocycles. The van der Waals surface area contributed by atoms with Crippen LogP contribution in [-0.2, 0) is 4.79 Å². The fourth-order valence-corrected chi connectivity index (χ4v) is 2.32. The molecule has 0 aliphatic rings. The lowest BCUT2D eigenvalue weighted by molar-refractivity contribution is -0.113. The summed E-state index contributed by atoms with van der Waals surface area (Å²) in [7, 11) is 0. The third-order valence-electron chi connectivity index (χ3n) is 1.76. The van der Waals surface area contributed by atoms with E-state index in [2.05, 4.69) is 25.5 Å². The highest BCUT2D eigenvalue weighted by molar-refractivity contribution is 7.99. The number of nitrogens with zero attached hydrogens (tertiary/aromatic N) is 3. The number of hydrogen-bond donors (Lipinski definition) is 2. The van der Waals surface area contributed by atoms with Crippen molar-refractivity contribution in [1.82, 2.24) is 20.2 Å². The number of aromatic nitrogens is 4. The first-order valence-corrected chi connectivity index (χ1v) is 6.72. The number of nitrogens with one attached hydrogen (secondary N) is 2. The molecule has 1 amide bonds. The van der Waals surface area contributed by atoms with Crippen LogP contribution in [0.4, 0.5) is 5.13 Å². The van der Waals surface area contributed by atoms with Gasteiger partial charge in [-0.1, -0.05) is 23.1 Å². The van der Waals surface area contributed by atoms with E-state index < -0.39 is 0 Å². The van der Waals surface area contributed by atoms with Gasteiger partial charge >= 0.3 is 0 Å². The highest BCUT2D eigenvalue weighted by Gasteiger charge is 2.07. The number of carbonyl (C=O) groups is 1. The van der Waals surface area contributed by atoms with E-state index in [1.807, 2.05) is 0 Å². The molecular weight excluding hydrogens is 274 g/mol. The van der Waals surface area contributed by atoms with Gasteiger partial charge in [0.2, 0.25) is 11.0 Å². The van der Waals surface area contributed by atoms with E-state index in [0.717, 1.165) is 16.8 Å². The number of amides is 1. The van der Waals surface area contributed by atoms with Crippen LogP contribution in [-0.4, -0.2) is 31.8 Å². The van der Waals surface area contributed by atoms with Crippen molar-refractivity contribution in [2.45, 2.75) is 12.1 Å². The Morgan fingerprint density at radius 3 is 3.06 bits per heavy atom. The Balaban J connectivity index is 1.87. The number of H-pyrrole nitrogens is 1. The Kier molecular flexibility index (Phi) is 4.05. The van der Waals surface area contributed by atoms with Crippen LogP contribution < -0.4 is 10.9 Å². The van der Waals surface area contributed by atoms with Gasteiger partial charge in [0.05, 0.1) is 5.75 Å². The lowest BCUT2D eigenvalue weighted by atomic mass is 10.7. The number of hydrogen-bond acceptors (Lipinski definition) is 7. The first-order valence-electron chi connectivity index (χ1n) is 4.91. The third-order valence-corrected chi connectivity index (χ3v) is 3.40. The predicted molar refractivity (Wildman–Crippen MR) is 68.9 cm³/mol. The number of aryl methyl sites for hydroxylation is 1. The number of rotatable bonds is 4. The topological polar surface area (TPSA) is 101 Å². The van der Waals surface area contributed by atoms with E-state index in [0.29, 0.717) is 10.3 Å². The van der Waals surface area contributed by atoms with Gasteiger partial charge < -0.3 is 4.98 Å². The van der Waals surface area contributed by atoms with Crippen molar-refractivity contribution in [3.05, 3.63) is 27.6 Å². The zero-order chi connectivity index (χ0) is 13.0. The molecule has 2 aromatic rings. The average molecular weight is 283 g/mol. The van der Waals surface area contributed by atoms with Crippen molar-refractivity contribution in [2.75, 3.05) is 11.1 Å². The first kappa shape index (κ1) is 12.7. The molecular formula is C9H9N5O2S2. The van der Waals surface area contributed by atoms with Crippen molar-refractivity contribution in [3.8, 4) is 0 Å². The molecule has 7 nitrogen and oxygen atoms in total. The number of anilines is 1. The van der Waals surface area contributed by atoms with Gasteiger partial charge in [0, 0.05) is 12.3 Å². The summed E-state index contributed by atoms with van der Waals surface area (Å²) in [6.07, 6.45) is 1.40. The summed E-state index contributed by atoms with van der Waals surface area (Å²) in [6.45, 7) is 1.81. The van der Waals surface area contributed by atoms with E-state index in [9.17, 15) is 9.59 Å². The van der Waals surface area contributed by atoms with Gasteiger partial charge in [-0.3, -0.25) is 14.9 Å². The Morgan fingerprint density at radius 1 is 1.56 bits per heavy atom. The van der Waals surface area contributed by atoms with Crippen molar-refractivity contribution in [2.24, 2.45) is 0 Å². The monoisotopic (exact) mass is 283 g/mol. The summed E-state index contributed by atoms with van der Waals surface area (Å²) in [5.41, 5.74) is -0.243. The van der Waals surface area contributed by atoms with Crippen molar-refractivity contribution < 1.29 is 4.79 Å². The minimum atomic E-state index is -0.243. The van der Waals surface area contributed by atoms with Crippen LogP contribution in [0.1, 0.15) is 5.01 Å². The second-order valence-corrected chi connectivity index (χ2v) is 5.35. The maximum absolute atomic E-state index is 11.6. The predicted octanol–water partition coefficient (Wildman–Crippen LogP) is 0.661. The first-order chi connectivity index (χ1) is 8.63. The molecule has 0 saturated carbocycles. The fraction of sp³-hybridized carbons (Fsp3) is 0.222. The molecule has 0 radical (unpaired) electrons. The molecule has 2 N–H and O–H groups in total. The van der Waals surface area contributed by atoms with Gasteiger partial charge in [-0.15, -0.1) is 10.2 Å². The molecule has 0 atom stereocenters. The van der Waals surface area contributed by atoms with E-state index in [1.54, 1.807) is 6.92 Å². The molecule has 2 heterocycles. The molecule has 0 unspecified atom stereocenters. The van der Waals surface area contributed by atoms with Gasteiger partial charge in [0.15, 0.2) is 5.16 Å². The summed E-state index contributed by atoms with van der Waals surface area (Å²) in [5.74, 6) is -0.0753. The summed E-state index contributed by atoms with van der Waals surface area (Å²) in [4.78, 5) is 29.0. The minimum Gasteiger partial charge on any atom is -0.301 e. The third kappa shape index (κ3) is 3.64. The SMILES string of the molecule is Cc1nnc(NC(=O)CSc2nccc(=O)[nH]2)s1. The van der Waals surface area contributed by atoms with Crippen molar-refractivity contribution >= 4 is 34.1 Å². The maximum atomic E-state index is 11.6. The molecule has 94 valence electrons. The quantitative estimate of drug-likeness (QED) is 0.631. The summed E-state index contributed by atoms with van der Waals surface area (Å²) >= 11 is 2.45.